The average molecular weight is 301 g/mol. The van der Waals surface area contributed by atoms with E-state index in [0.29, 0.717) is 24.5 Å². The maximum atomic E-state index is 13.5. The fraction of sp³-hybridized carbons (Fsp3) is 0.385. The minimum atomic E-state index is -0.877. The summed E-state index contributed by atoms with van der Waals surface area (Å²) in [5.74, 6) is -1.50. The number of amides is 2. The van der Waals surface area contributed by atoms with E-state index in [0.717, 1.165) is 0 Å². The van der Waals surface area contributed by atoms with Crippen molar-refractivity contribution in [3.05, 3.63) is 29.0 Å². The predicted molar refractivity (Wildman–Crippen MR) is 72.4 cm³/mol. The molecule has 0 aromatic heterocycles. The third kappa shape index (κ3) is 3.60. The van der Waals surface area contributed by atoms with E-state index >= 15 is 0 Å². The van der Waals surface area contributed by atoms with Gasteiger partial charge in [0.15, 0.2) is 0 Å². The van der Waals surface area contributed by atoms with Crippen molar-refractivity contribution >= 4 is 29.3 Å². The van der Waals surface area contributed by atoms with Gasteiger partial charge in [-0.15, -0.1) is 0 Å². The number of carbonyl (C=O) groups is 2. The molecule has 0 bridgehead atoms. The highest BCUT2D eigenvalue weighted by molar-refractivity contribution is 6.30. The molecule has 1 aromatic rings. The van der Waals surface area contributed by atoms with Crippen molar-refractivity contribution in [3.8, 4) is 0 Å². The number of halogens is 2. The maximum absolute atomic E-state index is 13.5. The third-order valence-corrected chi connectivity index (χ3v) is 3.44. The molecule has 2 rings (SSSR count). The summed E-state index contributed by atoms with van der Waals surface area (Å²) in [7, 11) is 0. The number of anilines is 1. The molecule has 1 unspecified atom stereocenters. The highest BCUT2D eigenvalue weighted by atomic mass is 35.5. The van der Waals surface area contributed by atoms with Crippen LogP contribution in [-0.4, -0.2) is 35.1 Å². The van der Waals surface area contributed by atoms with Gasteiger partial charge in [-0.25, -0.2) is 9.18 Å². The molecule has 1 fully saturated rings. The van der Waals surface area contributed by atoms with Gasteiger partial charge in [0, 0.05) is 24.5 Å². The van der Waals surface area contributed by atoms with Crippen LogP contribution in [0.4, 0.5) is 14.9 Å². The molecular weight excluding hydrogens is 287 g/mol. The van der Waals surface area contributed by atoms with Crippen LogP contribution >= 0.6 is 11.6 Å². The van der Waals surface area contributed by atoms with Gasteiger partial charge in [-0.3, -0.25) is 4.79 Å². The third-order valence-electron chi connectivity index (χ3n) is 3.21. The number of likely N-dealkylation sites (tertiary alicyclic amines) is 1. The minimum Gasteiger partial charge on any atom is -0.481 e. The summed E-state index contributed by atoms with van der Waals surface area (Å²) < 4.78 is 13.5. The summed E-state index contributed by atoms with van der Waals surface area (Å²) in [5.41, 5.74) is 0.0178. The van der Waals surface area contributed by atoms with Gasteiger partial charge >= 0.3 is 12.0 Å². The maximum Gasteiger partial charge on any atom is 0.321 e. The van der Waals surface area contributed by atoms with E-state index in [1.165, 1.54) is 23.1 Å². The zero-order valence-corrected chi connectivity index (χ0v) is 11.4. The van der Waals surface area contributed by atoms with Crippen LogP contribution in [0, 0.1) is 11.7 Å². The second-order valence-corrected chi connectivity index (χ2v) is 5.19. The second kappa shape index (κ2) is 6.09. The Labute approximate surface area is 120 Å². The first-order valence-electron chi connectivity index (χ1n) is 6.18. The number of nitrogens with one attached hydrogen (secondary N) is 1. The van der Waals surface area contributed by atoms with E-state index in [9.17, 15) is 14.0 Å². The molecule has 7 heteroatoms. The number of carboxylic acid groups (broad SMARTS) is 1. The van der Waals surface area contributed by atoms with E-state index < -0.39 is 17.8 Å². The number of rotatable bonds is 3. The number of carboxylic acids is 1. The Morgan fingerprint density at radius 3 is 2.95 bits per heavy atom. The summed E-state index contributed by atoms with van der Waals surface area (Å²) in [6, 6.07) is 3.46. The Bertz CT molecular complexity index is 538. The molecular formula is C13H14ClFN2O3. The van der Waals surface area contributed by atoms with Crippen molar-refractivity contribution in [2.24, 2.45) is 5.92 Å². The van der Waals surface area contributed by atoms with Crippen molar-refractivity contribution in [2.75, 3.05) is 18.4 Å². The largest absolute Gasteiger partial charge is 0.481 e. The monoisotopic (exact) mass is 300 g/mol. The molecule has 20 heavy (non-hydrogen) atoms. The number of hydrogen-bond donors (Lipinski definition) is 2. The first-order valence-corrected chi connectivity index (χ1v) is 6.56. The van der Waals surface area contributed by atoms with E-state index in [1.54, 1.807) is 0 Å². The lowest BCUT2D eigenvalue weighted by atomic mass is 10.1. The highest BCUT2D eigenvalue weighted by Gasteiger charge is 2.28. The van der Waals surface area contributed by atoms with Crippen LogP contribution in [0.1, 0.15) is 12.8 Å². The average Bonchev–Trinajstić information content (AvgIpc) is 2.81. The molecule has 1 aromatic carbocycles. The zero-order valence-electron chi connectivity index (χ0n) is 10.6. The van der Waals surface area contributed by atoms with Crippen LogP contribution in [0.25, 0.3) is 0 Å². The normalized spacial score (nSPS) is 18.1. The van der Waals surface area contributed by atoms with E-state index in [4.69, 9.17) is 16.7 Å². The Kier molecular flexibility index (Phi) is 4.44. The van der Waals surface area contributed by atoms with E-state index in [1.807, 2.05) is 0 Å². The van der Waals surface area contributed by atoms with Gasteiger partial charge in [0.25, 0.3) is 0 Å². The number of urea groups is 1. The SMILES string of the molecule is O=C(O)CC1CCN(C(=O)Nc2cc(Cl)ccc2F)C1. The smallest absolute Gasteiger partial charge is 0.321 e. The molecule has 0 saturated carbocycles. The van der Waals surface area contributed by atoms with Crippen LogP contribution < -0.4 is 5.32 Å². The van der Waals surface area contributed by atoms with E-state index in [2.05, 4.69) is 5.32 Å². The van der Waals surface area contributed by atoms with Crippen molar-refractivity contribution in [1.29, 1.82) is 0 Å². The second-order valence-electron chi connectivity index (χ2n) is 4.75. The summed E-state index contributed by atoms with van der Waals surface area (Å²) in [5, 5.41) is 11.5. The van der Waals surface area contributed by atoms with Gasteiger partial charge < -0.3 is 15.3 Å². The summed E-state index contributed by atoms with van der Waals surface area (Å²) in [4.78, 5) is 24.1. The first kappa shape index (κ1) is 14.6. The highest BCUT2D eigenvalue weighted by Crippen LogP contribution is 2.23. The van der Waals surface area contributed by atoms with Crippen molar-refractivity contribution in [1.82, 2.24) is 4.90 Å². The van der Waals surface area contributed by atoms with Gasteiger partial charge in [0.1, 0.15) is 5.82 Å². The number of nitrogens with zero attached hydrogens (tertiary/aromatic N) is 1. The van der Waals surface area contributed by atoms with Crippen LogP contribution in [-0.2, 0) is 4.79 Å². The number of carbonyl (C=O) groups excluding carboxylic acids is 1. The van der Waals surface area contributed by atoms with Crippen LogP contribution in [0.2, 0.25) is 5.02 Å². The van der Waals surface area contributed by atoms with Crippen molar-refractivity contribution < 1.29 is 19.1 Å². The van der Waals surface area contributed by atoms with Crippen LogP contribution in [0.5, 0.6) is 0 Å². The lowest BCUT2D eigenvalue weighted by molar-refractivity contribution is -0.138. The van der Waals surface area contributed by atoms with Gasteiger partial charge in [0.05, 0.1) is 5.69 Å². The zero-order chi connectivity index (χ0) is 14.7. The molecule has 1 heterocycles. The Morgan fingerprint density at radius 2 is 2.25 bits per heavy atom. The number of hydrogen-bond acceptors (Lipinski definition) is 2. The lowest BCUT2D eigenvalue weighted by Crippen LogP contribution is -2.33. The predicted octanol–water partition coefficient (Wildman–Crippen LogP) is 2.81. The molecule has 2 N–H and O–H groups in total. The van der Waals surface area contributed by atoms with Crippen molar-refractivity contribution in [3.63, 3.8) is 0 Å². The lowest BCUT2D eigenvalue weighted by Gasteiger charge is -2.17. The Hall–Kier alpha value is -1.82. The van der Waals surface area contributed by atoms with Gasteiger partial charge in [0.2, 0.25) is 0 Å². The topological polar surface area (TPSA) is 69.6 Å². The summed E-state index contributed by atoms with van der Waals surface area (Å²) >= 11 is 5.74. The summed E-state index contributed by atoms with van der Waals surface area (Å²) in [6.07, 6.45) is 0.674. The Morgan fingerprint density at radius 1 is 1.50 bits per heavy atom. The van der Waals surface area contributed by atoms with Gasteiger partial charge in [-0.2, -0.15) is 0 Å². The molecule has 1 aliphatic heterocycles. The molecule has 2 amide bonds. The minimum absolute atomic E-state index is 0.0178. The van der Waals surface area contributed by atoms with Crippen LogP contribution in [0.15, 0.2) is 18.2 Å². The first-order chi connectivity index (χ1) is 9.45. The molecule has 5 nitrogen and oxygen atoms in total. The molecule has 0 radical (unpaired) electrons. The van der Waals surface area contributed by atoms with Gasteiger partial charge in [-0.05, 0) is 30.5 Å². The van der Waals surface area contributed by atoms with E-state index in [-0.39, 0.29) is 18.0 Å². The molecule has 1 atom stereocenters. The number of aliphatic carboxylic acids is 1. The quantitative estimate of drug-likeness (QED) is 0.902. The molecule has 1 saturated heterocycles. The molecule has 108 valence electrons. The van der Waals surface area contributed by atoms with Crippen molar-refractivity contribution in [2.45, 2.75) is 12.8 Å². The molecule has 0 spiro atoms. The fourth-order valence-corrected chi connectivity index (χ4v) is 2.39. The standard InChI is InChI=1S/C13H14ClFN2O3/c14-9-1-2-10(15)11(6-9)16-13(20)17-4-3-8(7-17)5-12(18)19/h1-2,6,8H,3-5,7H2,(H,16,20)(H,18,19). The molecule has 1 aliphatic rings. The fourth-order valence-electron chi connectivity index (χ4n) is 2.22. The summed E-state index contributed by atoms with van der Waals surface area (Å²) in [6.45, 7) is 0.826. The van der Waals surface area contributed by atoms with Gasteiger partial charge in [-0.1, -0.05) is 11.6 Å². The number of benzene rings is 1. The van der Waals surface area contributed by atoms with Crippen LogP contribution in [0.3, 0.4) is 0 Å². The molecule has 0 aliphatic carbocycles. The Balaban J connectivity index is 1.96.